The molecule has 0 aliphatic rings. The summed E-state index contributed by atoms with van der Waals surface area (Å²) in [5.41, 5.74) is 2.98. The van der Waals surface area contributed by atoms with Crippen LogP contribution in [0, 0.1) is 0 Å². The zero-order chi connectivity index (χ0) is 9.68. The van der Waals surface area contributed by atoms with E-state index in [9.17, 15) is 0 Å². The Labute approximate surface area is 81.8 Å². The van der Waals surface area contributed by atoms with E-state index >= 15 is 0 Å². The zero-order valence-electron chi connectivity index (χ0n) is 9.14. The highest BCUT2D eigenvalue weighted by molar-refractivity contribution is 5.16. The minimum absolute atomic E-state index is 1.16. The fourth-order valence-corrected chi connectivity index (χ4v) is 1.78. The van der Waals surface area contributed by atoms with Crippen molar-refractivity contribution in [1.29, 1.82) is 0 Å². The molecule has 0 saturated carbocycles. The molecule has 0 saturated heterocycles. The first kappa shape index (κ1) is 10.4. The first-order valence-corrected chi connectivity index (χ1v) is 5.50. The molecule has 0 spiro atoms. The van der Waals surface area contributed by atoms with Gasteiger partial charge in [0.1, 0.15) is 0 Å². The van der Waals surface area contributed by atoms with E-state index in [0.717, 1.165) is 12.8 Å². The van der Waals surface area contributed by atoms with Crippen molar-refractivity contribution in [3.05, 3.63) is 23.5 Å². The predicted octanol–water partition coefficient (Wildman–Crippen LogP) is 3.41. The molecule has 0 amide bonds. The van der Waals surface area contributed by atoms with Crippen LogP contribution in [-0.4, -0.2) is 4.57 Å². The number of aryl methyl sites for hydroxylation is 2. The second-order valence-corrected chi connectivity index (χ2v) is 3.53. The summed E-state index contributed by atoms with van der Waals surface area (Å²) in [4.78, 5) is 0. The summed E-state index contributed by atoms with van der Waals surface area (Å²) < 4.78 is 2.49. The second-order valence-electron chi connectivity index (χ2n) is 3.53. The lowest BCUT2D eigenvalue weighted by atomic mass is 10.3. The smallest absolute Gasteiger partial charge is 0.0224 e. The Morgan fingerprint density at radius 2 is 1.54 bits per heavy atom. The highest BCUT2D eigenvalue weighted by atomic mass is 15.0. The summed E-state index contributed by atoms with van der Waals surface area (Å²) in [7, 11) is 0. The fourth-order valence-electron chi connectivity index (χ4n) is 1.78. The maximum absolute atomic E-state index is 2.49. The predicted molar refractivity (Wildman–Crippen MR) is 58.1 cm³/mol. The number of aromatic nitrogens is 1. The van der Waals surface area contributed by atoms with Gasteiger partial charge < -0.3 is 4.57 Å². The Bertz CT molecular complexity index is 226. The maximum Gasteiger partial charge on any atom is 0.0224 e. The summed E-state index contributed by atoms with van der Waals surface area (Å²) in [5, 5.41) is 0. The van der Waals surface area contributed by atoms with E-state index < -0.39 is 0 Å². The van der Waals surface area contributed by atoms with E-state index in [2.05, 4.69) is 37.5 Å². The van der Waals surface area contributed by atoms with Crippen LogP contribution >= 0.6 is 0 Å². The molecule has 1 rings (SSSR count). The third kappa shape index (κ3) is 2.36. The Balaban J connectivity index is 2.78. The van der Waals surface area contributed by atoms with Crippen molar-refractivity contribution < 1.29 is 0 Å². The van der Waals surface area contributed by atoms with E-state index in [1.165, 1.54) is 30.8 Å². The maximum atomic E-state index is 2.49. The number of hydrogen-bond donors (Lipinski definition) is 0. The molecule has 0 radical (unpaired) electrons. The molecule has 74 valence electrons. The molecule has 1 heterocycles. The Hall–Kier alpha value is -0.720. The van der Waals surface area contributed by atoms with Crippen LogP contribution in [0.25, 0.3) is 0 Å². The van der Waals surface area contributed by atoms with Gasteiger partial charge in [0, 0.05) is 17.9 Å². The number of rotatable bonds is 5. The first-order valence-electron chi connectivity index (χ1n) is 5.50. The van der Waals surface area contributed by atoms with Gasteiger partial charge in [-0.15, -0.1) is 0 Å². The Morgan fingerprint density at radius 1 is 1.00 bits per heavy atom. The molecule has 1 heteroatoms. The van der Waals surface area contributed by atoms with Crippen molar-refractivity contribution in [3.8, 4) is 0 Å². The van der Waals surface area contributed by atoms with E-state index in [0.29, 0.717) is 0 Å². The van der Waals surface area contributed by atoms with Crippen LogP contribution in [0.2, 0.25) is 0 Å². The van der Waals surface area contributed by atoms with Crippen LogP contribution in [0.15, 0.2) is 12.1 Å². The third-order valence-corrected chi connectivity index (χ3v) is 2.62. The molecule has 0 unspecified atom stereocenters. The largest absolute Gasteiger partial charge is 0.349 e. The third-order valence-electron chi connectivity index (χ3n) is 2.62. The summed E-state index contributed by atoms with van der Waals surface area (Å²) in [6.07, 6.45) is 4.90. The van der Waals surface area contributed by atoms with Crippen molar-refractivity contribution in [2.75, 3.05) is 0 Å². The first-order chi connectivity index (χ1) is 6.33. The molecule has 0 aromatic carbocycles. The van der Waals surface area contributed by atoms with Gasteiger partial charge in [-0.1, -0.05) is 27.2 Å². The van der Waals surface area contributed by atoms with Crippen LogP contribution < -0.4 is 0 Å². The van der Waals surface area contributed by atoms with Gasteiger partial charge >= 0.3 is 0 Å². The van der Waals surface area contributed by atoms with E-state index in [1.807, 2.05) is 0 Å². The molecular weight excluding hydrogens is 158 g/mol. The summed E-state index contributed by atoms with van der Waals surface area (Å²) in [6.45, 7) is 7.92. The molecule has 0 bridgehead atoms. The molecule has 0 N–H and O–H groups in total. The molecule has 1 nitrogen and oxygen atoms in total. The summed E-state index contributed by atoms with van der Waals surface area (Å²) >= 11 is 0. The minimum Gasteiger partial charge on any atom is -0.349 e. The van der Waals surface area contributed by atoms with Gasteiger partial charge in [0.2, 0.25) is 0 Å². The fraction of sp³-hybridized carbons (Fsp3) is 0.667. The van der Waals surface area contributed by atoms with Crippen molar-refractivity contribution in [1.82, 2.24) is 4.57 Å². The van der Waals surface area contributed by atoms with E-state index in [1.54, 1.807) is 0 Å². The van der Waals surface area contributed by atoms with Gasteiger partial charge in [0.05, 0.1) is 0 Å². The highest BCUT2D eigenvalue weighted by Gasteiger charge is 2.03. The normalized spacial score (nSPS) is 10.7. The average Bonchev–Trinajstić information content (AvgIpc) is 2.56. The van der Waals surface area contributed by atoms with Crippen LogP contribution in [0.1, 0.15) is 45.0 Å². The molecule has 1 aromatic rings. The molecule has 0 aliphatic carbocycles. The van der Waals surface area contributed by atoms with Crippen molar-refractivity contribution in [2.45, 2.75) is 53.0 Å². The van der Waals surface area contributed by atoms with Gasteiger partial charge in [-0.25, -0.2) is 0 Å². The van der Waals surface area contributed by atoms with Crippen molar-refractivity contribution in [3.63, 3.8) is 0 Å². The minimum atomic E-state index is 1.16. The summed E-state index contributed by atoms with van der Waals surface area (Å²) in [5.74, 6) is 0. The van der Waals surface area contributed by atoms with Crippen LogP contribution in [0.3, 0.4) is 0 Å². The van der Waals surface area contributed by atoms with Crippen LogP contribution in [-0.2, 0) is 19.4 Å². The van der Waals surface area contributed by atoms with Crippen LogP contribution in [0.4, 0.5) is 0 Å². The zero-order valence-corrected chi connectivity index (χ0v) is 9.14. The van der Waals surface area contributed by atoms with Gasteiger partial charge in [-0.2, -0.15) is 0 Å². The van der Waals surface area contributed by atoms with Gasteiger partial charge in [-0.3, -0.25) is 0 Å². The number of unbranched alkanes of at least 4 members (excludes halogenated alkanes) is 1. The van der Waals surface area contributed by atoms with Crippen molar-refractivity contribution in [2.24, 2.45) is 0 Å². The molecule has 0 aliphatic heterocycles. The topological polar surface area (TPSA) is 4.93 Å². The van der Waals surface area contributed by atoms with Crippen molar-refractivity contribution >= 4 is 0 Å². The molecule has 0 fully saturated rings. The van der Waals surface area contributed by atoms with Gasteiger partial charge in [0.15, 0.2) is 0 Å². The molecule has 13 heavy (non-hydrogen) atoms. The molecule has 0 atom stereocenters. The highest BCUT2D eigenvalue weighted by Crippen LogP contribution is 2.12. The second kappa shape index (κ2) is 5.11. The van der Waals surface area contributed by atoms with E-state index in [-0.39, 0.29) is 0 Å². The Morgan fingerprint density at radius 3 is 1.92 bits per heavy atom. The average molecular weight is 179 g/mol. The summed E-state index contributed by atoms with van der Waals surface area (Å²) in [6, 6.07) is 4.54. The Kier molecular flexibility index (Phi) is 4.07. The number of hydrogen-bond acceptors (Lipinski definition) is 0. The lowest BCUT2D eigenvalue weighted by Crippen LogP contribution is -2.05. The van der Waals surface area contributed by atoms with Crippen LogP contribution in [0.5, 0.6) is 0 Å². The lowest BCUT2D eigenvalue weighted by Gasteiger charge is -2.10. The van der Waals surface area contributed by atoms with Gasteiger partial charge in [-0.05, 0) is 31.4 Å². The molecule has 1 aromatic heterocycles. The lowest BCUT2D eigenvalue weighted by molar-refractivity contribution is 0.592. The van der Waals surface area contributed by atoms with E-state index in [4.69, 9.17) is 0 Å². The number of nitrogens with zero attached hydrogens (tertiary/aromatic N) is 1. The monoisotopic (exact) mass is 179 g/mol. The quantitative estimate of drug-likeness (QED) is 0.652. The van der Waals surface area contributed by atoms with Gasteiger partial charge in [0.25, 0.3) is 0 Å². The molecular formula is C12H21N. The SMILES string of the molecule is CCCCn1c(CC)ccc1CC. The standard InChI is InChI=1S/C12H21N/c1-4-7-10-13-11(5-2)8-9-12(13)6-3/h8-9H,4-7,10H2,1-3H3.